The van der Waals surface area contributed by atoms with Gasteiger partial charge in [0.05, 0.1) is 5.41 Å². The van der Waals surface area contributed by atoms with Crippen LogP contribution in [0.5, 0.6) is 0 Å². The van der Waals surface area contributed by atoms with Gasteiger partial charge in [0.25, 0.3) is 10.1 Å². The van der Waals surface area contributed by atoms with Crippen LogP contribution in [-0.2, 0) is 19.7 Å². The Hall–Kier alpha value is 0.450. The van der Waals surface area contributed by atoms with Crippen molar-refractivity contribution in [1.29, 1.82) is 0 Å². The summed E-state index contributed by atoms with van der Waals surface area (Å²) in [6, 6.07) is 0. The number of hydrogen-bond donors (Lipinski definition) is 3. The molecule has 0 aliphatic heterocycles. The van der Waals surface area contributed by atoms with Crippen LogP contribution in [0, 0.1) is 17.3 Å². The van der Waals surface area contributed by atoms with Crippen LogP contribution in [-0.4, -0.2) is 40.4 Å². The Balaban J connectivity index is -0.000000950. The Morgan fingerprint density at radius 1 is 0.844 bits per heavy atom. The van der Waals surface area contributed by atoms with Gasteiger partial charge in [-0.15, -0.1) is 0 Å². The van der Waals surface area contributed by atoms with Crippen molar-refractivity contribution in [3.05, 3.63) is 11.1 Å². The maximum Gasteiger partial charge on any atom is 1.00 e. The first-order valence-electron chi connectivity index (χ1n) is 10.6. The number of nitrogens with zero attached hydrogens (tertiary/aromatic N) is 2. The summed E-state index contributed by atoms with van der Waals surface area (Å²) in [7, 11) is -5.10. The van der Waals surface area contributed by atoms with Crippen molar-refractivity contribution in [2.24, 2.45) is 17.3 Å². The van der Waals surface area contributed by atoms with Gasteiger partial charge in [0.1, 0.15) is 0 Å². The normalized spacial score (nSPS) is 15.4. The van der Waals surface area contributed by atoms with Crippen molar-refractivity contribution in [1.82, 2.24) is 0 Å². The third-order valence-corrected chi connectivity index (χ3v) is 7.09. The van der Waals surface area contributed by atoms with Gasteiger partial charge in [0.15, 0.2) is 5.25 Å². The standard InChI is InChI=1S/C20H38O7S.N2.2Na/c1-5-9-11-15(7-3)13-20(19(23)24,14-16(8-4)12-10-6-2)17(18(21)22)28(25,26)27;1-2;;/h15-17H,5-14H2,1-4H3,(H,21,22)(H,23,24)(H,25,26,27);;;/q;-2;2*+1. The minimum atomic E-state index is -5.10. The van der Waals surface area contributed by atoms with E-state index in [0.29, 0.717) is 25.7 Å². The Morgan fingerprint density at radius 2 is 1.19 bits per heavy atom. The summed E-state index contributed by atoms with van der Waals surface area (Å²) in [5.74, 6) is -3.50. The molecule has 0 bridgehead atoms. The topological polar surface area (TPSA) is 174 Å². The summed E-state index contributed by atoms with van der Waals surface area (Å²) in [5.41, 5.74) is 9.95. The molecular formula is C20H38N2Na2O7S. The molecule has 0 radical (unpaired) electrons. The molecule has 0 heterocycles. The molecule has 0 aliphatic carbocycles. The minimum absolute atomic E-state index is 0. The number of aliphatic carboxylic acids is 2. The van der Waals surface area contributed by atoms with Crippen molar-refractivity contribution < 1.29 is 91.9 Å². The molecule has 0 fully saturated rings. The van der Waals surface area contributed by atoms with Gasteiger partial charge in [-0.1, -0.05) is 79.1 Å². The quantitative estimate of drug-likeness (QED) is 0.142. The number of carboxylic acid groups (broad SMARTS) is 2. The van der Waals surface area contributed by atoms with Crippen LogP contribution in [0.2, 0.25) is 0 Å². The molecule has 9 nitrogen and oxygen atoms in total. The van der Waals surface area contributed by atoms with Gasteiger partial charge < -0.3 is 21.3 Å². The molecular weight excluding hydrogens is 458 g/mol. The Kier molecular flexibility index (Phi) is 25.8. The fourth-order valence-corrected chi connectivity index (χ4v) is 5.27. The predicted octanol–water partition coefficient (Wildman–Crippen LogP) is -0.803. The van der Waals surface area contributed by atoms with Gasteiger partial charge in [-0.2, -0.15) is 8.42 Å². The molecule has 32 heavy (non-hydrogen) atoms. The van der Waals surface area contributed by atoms with E-state index in [-0.39, 0.29) is 83.8 Å². The summed E-state index contributed by atoms with van der Waals surface area (Å²) < 4.78 is 33.7. The van der Waals surface area contributed by atoms with E-state index in [9.17, 15) is 32.8 Å². The maximum atomic E-state index is 12.4. The second kappa shape index (κ2) is 20.8. The van der Waals surface area contributed by atoms with Gasteiger partial charge >= 0.3 is 71.1 Å². The molecule has 0 saturated carbocycles. The average molecular weight is 497 g/mol. The van der Waals surface area contributed by atoms with E-state index in [1.165, 1.54) is 0 Å². The van der Waals surface area contributed by atoms with Crippen molar-refractivity contribution >= 4 is 22.1 Å². The van der Waals surface area contributed by atoms with E-state index in [1.54, 1.807) is 0 Å². The van der Waals surface area contributed by atoms with Crippen LogP contribution in [0.15, 0.2) is 0 Å². The summed E-state index contributed by atoms with van der Waals surface area (Å²) in [5, 5.41) is 17.3. The molecule has 3 atom stereocenters. The van der Waals surface area contributed by atoms with Crippen molar-refractivity contribution in [2.75, 3.05) is 0 Å². The van der Waals surface area contributed by atoms with Crippen LogP contribution < -0.4 is 59.1 Å². The number of rotatable bonds is 16. The third-order valence-electron chi connectivity index (χ3n) is 5.84. The Morgan fingerprint density at radius 3 is 1.38 bits per heavy atom. The second-order valence-corrected chi connectivity index (χ2v) is 9.44. The smallest absolute Gasteiger partial charge is 1.00 e. The average Bonchev–Trinajstić information content (AvgIpc) is 2.67. The molecule has 0 rings (SSSR count). The van der Waals surface area contributed by atoms with Crippen LogP contribution in [0.25, 0.3) is 11.1 Å². The first-order valence-corrected chi connectivity index (χ1v) is 12.1. The zero-order valence-corrected chi connectivity index (χ0v) is 25.4. The maximum absolute atomic E-state index is 12.4. The van der Waals surface area contributed by atoms with Crippen LogP contribution in [0.1, 0.15) is 91.9 Å². The molecule has 0 aromatic heterocycles. The molecule has 12 heteroatoms. The van der Waals surface area contributed by atoms with Crippen LogP contribution in [0.4, 0.5) is 0 Å². The summed E-state index contributed by atoms with van der Waals surface area (Å²) >= 11 is 0. The molecule has 0 amide bonds. The van der Waals surface area contributed by atoms with Crippen LogP contribution in [0.3, 0.4) is 0 Å². The molecule has 0 saturated heterocycles. The largest absolute Gasteiger partial charge is 1.00 e. The van der Waals surface area contributed by atoms with Gasteiger partial charge in [-0.25, -0.2) is 0 Å². The van der Waals surface area contributed by atoms with E-state index < -0.39 is 32.7 Å². The van der Waals surface area contributed by atoms with Crippen molar-refractivity contribution in [2.45, 2.75) is 97.2 Å². The van der Waals surface area contributed by atoms with Crippen molar-refractivity contribution in [3.63, 3.8) is 0 Å². The second-order valence-electron chi connectivity index (χ2n) is 7.94. The molecule has 3 unspecified atom stereocenters. The molecule has 0 spiro atoms. The third kappa shape index (κ3) is 13.4. The summed E-state index contributed by atoms with van der Waals surface area (Å²) in [6.45, 7) is 7.80. The van der Waals surface area contributed by atoms with Gasteiger partial charge in [0, 0.05) is 0 Å². The fourth-order valence-electron chi connectivity index (χ4n) is 4.15. The first kappa shape index (κ1) is 39.7. The monoisotopic (exact) mass is 496 g/mol. The summed E-state index contributed by atoms with van der Waals surface area (Å²) in [6.07, 6.45) is 6.02. The van der Waals surface area contributed by atoms with E-state index in [0.717, 1.165) is 25.7 Å². The van der Waals surface area contributed by atoms with Gasteiger partial charge in [0.2, 0.25) is 0 Å². The number of unbranched alkanes of at least 4 members (excludes halogenated alkanes) is 2. The van der Waals surface area contributed by atoms with Gasteiger partial charge in [-0.05, 0) is 24.7 Å². The van der Waals surface area contributed by atoms with E-state index in [2.05, 4.69) is 0 Å². The van der Waals surface area contributed by atoms with E-state index in [4.69, 9.17) is 11.1 Å². The van der Waals surface area contributed by atoms with Crippen molar-refractivity contribution in [3.8, 4) is 0 Å². The first-order chi connectivity index (χ1) is 14.0. The van der Waals surface area contributed by atoms with Gasteiger partial charge in [-0.3, -0.25) is 14.1 Å². The zero-order valence-electron chi connectivity index (χ0n) is 20.6. The van der Waals surface area contributed by atoms with E-state index in [1.807, 2.05) is 27.7 Å². The fraction of sp³-hybridized carbons (Fsp3) is 0.900. The summed E-state index contributed by atoms with van der Waals surface area (Å²) in [4.78, 5) is 24.3. The Labute approximate surface area is 237 Å². The molecule has 0 aromatic carbocycles. The Bertz CT molecular complexity index is 603. The molecule has 3 N–H and O–H groups in total. The number of hydrogen-bond acceptors (Lipinski definition) is 4. The molecule has 178 valence electrons. The SMILES string of the molecule is CCCCC(CC)CC(CC(CC)CCCC)(C(=O)O)C(C(=O)O)S(=O)(=O)O.[N-]=[N-].[Na+].[Na+]. The number of carboxylic acids is 2. The zero-order chi connectivity index (χ0) is 24.0. The predicted molar refractivity (Wildman–Crippen MR) is 116 cm³/mol. The molecule has 0 aliphatic rings. The van der Waals surface area contributed by atoms with E-state index >= 15 is 0 Å². The molecule has 0 aromatic rings. The van der Waals surface area contributed by atoms with Crippen LogP contribution >= 0.6 is 0 Å². The minimum Gasteiger partial charge on any atom is -1.00 e. The number of carbonyl (C=O) groups is 2.